The highest BCUT2D eigenvalue weighted by molar-refractivity contribution is 5.79. The van der Waals surface area contributed by atoms with E-state index in [1.54, 1.807) is 0 Å². The topological polar surface area (TPSA) is 62.3 Å². The van der Waals surface area contributed by atoms with Crippen molar-refractivity contribution in [3.63, 3.8) is 0 Å². The second-order valence-electron chi connectivity index (χ2n) is 4.41. The molecule has 1 heterocycles. The Morgan fingerprint density at radius 3 is 2.35 bits per heavy atom. The van der Waals surface area contributed by atoms with E-state index >= 15 is 0 Å². The standard InChI is InChI=1S/C13H19N3O/c14-13(15)9-11-1-3-12(4-2-11)10-16-5-7-17-8-6-16/h1-4H,5-10H2,(H3,14,15). The molecule has 17 heavy (non-hydrogen) atoms. The van der Waals surface area contributed by atoms with Gasteiger partial charge in [-0.2, -0.15) is 0 Å². The first-order chi connectivity index (χ1) is 8.24. The Labute approximate surface area is 102 Å². The zero-order valence-electron chi connectivity index (χ0n) is 9.98. The van der Waals surface area contributed by atoms with Gasteiger partial charge in [0.15, 0.2) is 0 Å². The highest BCUT2D eigenvalue weighted by Gasteiger charge is 2.10. The normalized spacial score (nSPS) is 16.9. The fourth-order valence-electron chi connectivity index (χ4n) is 2.00. The number of ether oxygens (including phenoxy) is 1. The minimum atomic E-state index is 0.214. The van der Waals surface area contributed by atoms with Gasteiger partial charge < -0.3 is 10.5 Å². The number of nitrogens with one attached hydrogen (secondary N) is 1. The van der Waals surface area contributed by atoms with Crippen molar-refractivity contribution in [3.8, 4) is 0 Å². The Kier molecular flexibility index (Phi) is 4.12. The molecule has 1 saturated heterocycles. The summed E-state index contributed by atoms with van der Waals surface area (Å²) in [7, 11) is 0. The van der Waals surface area contributed by atoms with Crippen LogP contribution in [-0.2, 0) is 17.7 Å². The van der Waals surface area contributed by atoms with Crippen molar-refractivity contribution in [2.24, 2.45) is 5.73 Å². The average molecular weight is 233 g/mol. The molecule has 0 unspecified atom stereocenters. The Morgan fingerprint density at radius 1 is 1.18 bits per heavy atom. The van der Waals surface area contributed by atoms with Gasteiger partial charge in [-0.05, 0) is 11.1 Å². The highest BCUT2D eigenvalue weighted by Crippen LogP contribution is 2.09. The largest absolute Gasteiger partial charge is 0.387 e. The molecule has 1 aliphatic heterocycles. The molecule has 0 bridgehead atoms. The quantitative estimate of drug-likeness (QED) is 0.602. The van der Waals surface area contributed by atoms with Crippen molar-refractivity contribution in [1.82, 2.24) is 4.90 Å². The second-order valence-corrected chi connectivity index (χ2v) is 4.41. The Bertz CT molecular complexity index is 369. The molecule has 1 aromatic rings. The number of rotatable bonds is 4. The molecule has 4 heteroatoms. The van der Waals surface area contributed by atoms with Crippen LogP contribution in [0, 0.1) is 5.41 Å². The molecule has 0 amide bonds. The number of benzene rings is 1. The van der Waals surface area contributed by atoms with Crippen LogP contribution in [0.1, 0.15) is 11.1 Å². The average Bonchev–Trinajstić information content (AvgIpc) is 2.32. The number of hydrogen-bond donors (Lipinski definition) is 2. The van der Waals surface area contributed by atoms with Gasteiger partial charge in [-0.1, -0.05) is 24.3 Å². The van der Waals surface area contributed by atoms with E-state index in [9.17, 15) is 0 Å². The van der Waals surface area contributed by atoms with Gasteiger partial charge in [0, 0.05) is 26.1 Å². The minimum absolute atomic E-state index is 0.214. The fourth-order valence-corrected chi connectivity index (χ4v) is 2.00. The lowest BCUT2D eigenvalue weighted by Gasteiger charge is -2.26. The summed E-state index contributed by atoms with van der Waals surface area (Å²) in [4.78, 5) is 2.39. The number of hydrogen-bond acceptors (Lipinski definition) is 3. The summed E-state index contributed by atoms with van der Waals surface area (Å²) in [5.74, 6) is 0.214. The van der Waals surface area contributed by atoms with Crippen LogP contribution in [-0.4, -0.2) is 37.0 Å². The SMILES string of the molecule is N=C(N)Cc1ccc(CN2CCOCC2)cc1. The van der Waals surface area contributed by atoms with Crippen LogP contribution in [0.5, 0.6) is 0 Å². The van der Waals surface area contributed by atoms with Gasteiger partial charge in [-0.25, -0.2) is 0 Å². The van der Waals surface area contributed by atoms with Crippen molar-refractivity contribution in [2.75, 3.05) is 26.3 Å². The molecular formula is C13H19N3O. The summed E-state index contributed by atoms with van der Waals surface area (Å²) in [6, 6.07) is 8.34. The first-order valence-corrected chi connectivity index (χ1v) is 5.95. The van der Waals surface area contributed by atoms with Crippen molar-refractivity contribution in [2.45, 2.75) is 13.0 Å². The second kappa shape index (κ2) is 5.80. The first kappa shape index (κ1) is 12.1. The first-order valence-electron chi connectivity index (χ1n) is 5.95. The molecule has 1 aliphatic rings. The van der Waals surface area contributed by atoms with Gasteiger partial charge in [-0.3, -0.25) is 10.3 Å². The van der Waals surface area contributed by atoms with E-state index in [1.807, 2.05) is 0 Å². The molecule has 3 N–H and O–H groups in total. The Morgan fingerprint density at radius 2 is 1.76 bits per heavy atom. The third kappa shape index (κ3) is 3.84. The number of amidine groups is 1. The smallest absolute Gasteiger partial charge is 0.0950 e. The third-order valence-electron chi connectivity index (χ3n) is 2.93. The molecule has 4 nitrogen and oxygen atoms in total. The third-order valence-corrected chi connectivity index (χ3v) is 2.93. The van der Waals surface area contributed by atoms with E-state index in [0.717, 1.165) is 38.4 Å². The maximum Gasteiger partial charge on any atom is 0.0950 e. The lowest BCUT2D eigenvalue weighted by Crippen LogP contribution is -2.35. The molecule has 0 aliphatic carbocycles. The molecule has 0 spiro atoms. The summed E-state index contributed by atoms with van der Waals surface area (Å²) >= 11 is 0. The lowest BCUT2D eigenvalue weighted by molar-refractivity contribution is 0.0342. The molecular weight excluding hydrogens is 214 g/mol. The zero-order chi connectivity index (χ0) is 12.1. The van der Waals surface area contributed by atoms with Crippen LogP contribution in [0.2, 0.25) is 0 Å². The summed E-state index contributed by atoms with van der Waals surface area (Å²) in [6.45, 7) is 4.67. The van der Waals surface area contributed by atoms with E-state index in [4.69, 9.17) is 15.9 Å². The van der Waals surface area contributed by atoms with Gasteiger partial charge in [0.05, 0.1) is 19.0 Å². The van der Waals surface area contributed by atoms with Crippen molar-refractivity contribution in [1.29, 1.82) is 5.41 Å². The van der Waals surface area contributed by atoms with Crippen LogP contribution >= 0.6 is 0 Å². The molecule has 0 aromatic heterocycles. The summed E-state index contributed by atoms with van der Waals surface area (Å²) in [5.41, 5.74) is 7.78. The summed E-state index contributed by atoms with van der Waals surface area (Å²) in [5, 5.41) is 7.25. The molecule has 2 rings (SSSR count). The van der Waals surface area contributed by atoms with Crippen molar-refractivity contribution >= 4 is 5.84 Å². The lowest BCUT2D eigenvalue weighted by atomic mass is 10.1. The minimum Gasteiger partial charge on any atom is -0.387 e. The number of morpholine rings is 1. The van der Waals surface area contributed by atoms with E-state index in [2.05, 4.69) is 29.2 Å². The monoisotopic (exact) mass is 233 g/mol. The fraction of sp³-hybridized carbons (Fsp3) is 0.462. The van der Waals surface area contributed by atoms with Crippen LogP contribution < -0.4 is 5.73 Å². The van der Waals surface area contributed by atoms with Gasteiger partial charge >= 0.3 is 0 Å². The van der Waals surface area contributed by atoms with Crippen LogP contribution in [0.15, 0.2) is 24.3 Å². The van der Waals surface area contributed by atoms with Gasteiger partial charge in [0.25, 0.3) is 0 Å². The molecule has 92 valence electrons. The number of nitrogens with two attached hydrogens (primary N) is 1. The molecule has 0 saturated carbocycles. The predicted molar refractivity (Wildman–Crippen MR) is 68.2 cm³/mol. The van der Waals surface area contributed by atoms with Gasteiger partial charge in [-0.15, -0.1) is 0 Å². The Hall–Kier alpha value is -1.39. The maximum atomic E-state index is 7.25. The van der Waals surface area contributed by atoms with Crippen LogP contribution in [0.3, 0.4) is 0 Å². The molecule has 1 aromatic carbocycles. The van der Waals surface area contributed by atoms with Crippen molar-refractivity contribution < 1.29 is 4.74 Å². The molecule has 0 radical (unpaired) electrons. The molecule has 1 fully saturated rings. The Balaban J connectivity index is 1.90. The predicted octanol–water partition coefficient (Wildman–Crippen LogP) is 0.997. The summed E-state index contributed by atoms with van der Waals surface area (Å²) < 4.78 is 5.32. The summed E-state index contributed by atoms with van der Waals surface area (Å²) in [6.07, 6.45) is 0.540. The van der Waals surface area contributed by atoms with Crippen molar-refractivity contribution in [3.05, 3.63) is 35.4 Å². The van der Waals surface area contributed by atoms with E-state index in [1.165, 1.54) is 5.56 Å². The van der Waals surface area contributed by atoms with E-state index in [0.29, 0.717) is 6.42 Å². The van der Waals surface area contributed by atoms with Gasteiger partial charge in [0.2, 0.25) is 0 Å². The number of nitrogens with zero attached hydrogens (tertiary/aromatic N) is 1. The highest BCUT2D eigenvalue weighted by atomic mass is 16.5. The van der Waals surface area contributed by atoms with E-state index < -0.39 is 0 Å². The van der Waals surface area contributed by atoms with Crippen LogP contribution in [0.25, 0.3) is 0 Å². The molecule has 0 atom stereocenters. The zero-order valence-corrected chi connectivity index (χ0v) is 9.98. The van der Waals surface area contributed by atoms with Crippen LogP contribution in [0.4, 0.5) is 0 Å². The maximum absolute atomic E-state index is 7.25. The van der Waals surface area contributed by atoms with E-state index in [-0.39, 0.29) is 5.84 Å². The van der Waals surface area contributed by atoms with Gasteiger partial charge in [0.1, 0.15) is 0 Å².